The predicted octanol–water partition coefficient (Wildman–Crippen LogP) is 4.17. The van der Waals surface area contributed by atoms with Crippen LogP contribution in [0.3, 0.4) is 0 Å². The number of nitrogens with two attached hydrogens (primary N) is 2. The average Bonchev–Trinajstić information content (AvgIpc) is 2.53. The highest BCUT2D eigenvalue weighted by Gasteiger charge is 2.22. The van der Waals surface area contributed by atoms with E-state index < -0.39 is 0 Å². The molecule has 5 N–H and O–H groups in total. The van der Waals surface area contributed by atoms with Crippen LogP contribution in [0.25, 0.3) is 0 Å². The first-order valence-corrected chi connectivity index (χ1v) is 7.29. The van der Waals surface area contributed by atoms with E-state index in [0.717, 1.165) is 11.4 Å². The number of allylic oxidation sites excluding steroid dienone is 4. The topological polar surface area (TPSA) is 75.9 Å². The SMILES string of the molecule is Cl.N=C1C=CC(C(c2ccc(N)cc2)c2ccc(N)cc2)C=C1. The molecule has 0 aliphatic heterocycles. The highest BCUT2D eigenvalue weighted by atomic mass is 35.5. The van der Waals surface area contributed by atoms with Gasteiger partial charge in [-0.05, 0) is 47.5 Å². The lowest BCUT2D eigenvalue weighted by Gasteiger charge is -2.25. The van der Waals surface area contributed by atoms with Crippen LogP contribution >= 0.6 is 12.4 Å². The molecule has 0 saturated heterocycles. The molecule has 0 radical (unpaired) electrons. The van der Waals surface area contributed by atoms with E-state index in [0.29, 0.717) is 5.71 Å². The summed E-state index contributed by atoms with van der Waals surface area (Å²) in [5, 5.41) is 7.68. The molecule has 23 heavy (non-hydrogen) atoms. The summed E-state index contributed by atoms with van der Waals surface area (Å²) in [6.07, 6.45) is 7.87. The number of benzene rings is 2. The second-order valence-corrected chi connectivity index (χ2v) is 5.56. The monoisotopic (exact) mass is 325 g/mol. The van der Waals surface area contributed by atoms with E-state index in [4.69, 9.17) is 16.9 Å². The molecule has 0 unspecified atom stereocenters. The molecule has 4 heteroatoms. The van der Waals surface area contributed by atoms with Gasteiger partial charge >= 0.3 is 0 Å². The van der Waals surface area contributed by atoms with Crippen molar-refractivity contribution in [3.63, 3.8) is 0 Å². The summed E-state index contributed by atoms with van der Waals surface area (Å²) < 4.78 is 0. The predicted molar refractivity (Wildman–Crippen MR) is 100 cm³/mol. The first-order valence-electron chi connectivity index (χ1n) is 7.29. The summed E-state index contributed by atoms with van der Waals surface area (Å²) in [5.74, 6) is 0.392. The fourth-order valence-corrected chi connectivity index (χ4v) is 2.82. The molecule has 2 aromatic carbocycles. The minimum atomic E-state index is 0. The van der Waals surface area contributed by atoms with Crippen molar-refractivity contribution in [3.05, 3.63) is 84.0 Å². The van der Waals surface area contributed by atoms with E-state index >= 15 is 0 Å². The quantitative estimate of drug-likeness (QED) is 0.741. The number of nitrogens with one attached hydrogen (secondary N) is 1. The van der Waals surface area contributed by atoms with Crippen LogP contribution < -0.4 is 11.5 Å². The second kappa shape index (κ2) is 7.16. The van der Waals surface area contributed by atoms with Crippen LogP contribution in [0.1, 0.15) is 17.0 Å². The van der Waals surface area contributed by atoms with E-state index in [1.54, 1.807) is 0 Å². The number of hydrogen-bond acceptors (Lipinski definition) is 3. The molecule has 1 aliphatic carbocycles. The molecule has 1 aliphatic rings. The van der Waals surface area contributed by atoms with Crippen LogP contribution in [0.5, 0.6) is 0 Å². The summed E-state index contributed by atoms with van der Waals surface area (Å²) in [6, 6.07) is 16.0. The third-order valence-electron chi connectivity index (χ3n) is 3.97. The maximum Gasteiger partial charge on any atom is 0.0533 e. The van der Waals surface area contributed by atoms with Gasteiger partial charge < -0.3 is 16.9 Å². The molecule has 0 spiro atoms. The Balaban J connectivity index is 0.00000192. The lowest BCUT2D eigenvalue weighted by molar-refractivity contribution is 0.684. The highest BCUT2D eigenvalue weighted by Crippen LogP contribution is 2.35. The lowest BCUT2D eigenvalue weighted by Crippen LogP contribution is -2.13. The van der Waals surface area contributed by atoms with Gasteiger partial charge in [-0.25, -0.2) is 0 Å². The van der Waals surface area contributed by atoms with Crippen molar-refractivity contribution < 1.29 is 0 Å². The first kappa shape index (κ1) is 16.8. The van der Waals surface area contributed by atoms with Gasteiger partial charge in [0.2, 0.25) is 0 Å². The molecule has 118 valence electrons. The normalized spacial score (nSPS) is 16.4. The molecule has 0 aromatic heterocycles. The first-order chi connectivity index (χ1) is 10.6. The molecular weight excluding hydrogens is 306 g/mol. The van der Waals surface area contributed by atoms with Crippen LogP contribution in [0.15, 0.2) is 72.8 Å². The van der Waals surface area contributed by atoms with E-state index in [1.165, 1.54) is 11.1 Å². The molecular formula is C19H20ClN3. The third-order valence-corrected chi connectivity index (χ3v) is 3.97. The highest BCUT2D eigenvalue weighted by molar-refractivity contribution is 6.02. The Bertz CT molecular complexity index is 669. The fourth-order valence-electron chi connectivity index (χ4n) is 2.82. The summed E-state index contributed by atoms with van der Waals surface area (Å²) >= 11 is 0. The number of hydrogen-bond donors (Lipinski definition) is 3. The van der Waals surface area contributed by atoms with Crippen LogP contribution in [-0.4, -0.2) is 5.71 Å². The van der Waals surface area contributed by atoms with Crippen molar-refractivity contribution in [1.29, 1.82) is 5.41 Å². The molecule has 0 amide bonds. The lowest BCUT2D eigenvalue weighted by atomic mass is 9.79. The van der Waals surface area contributed by atoms with Crippen LogP contribution in [0.2, 0.25) is 0 Å². The Hall–Kier alpha value is -2.52. The Morgan fingerprint density at radius 1 is 0.739 bits per heavy atom. The van der Waals surface area contributed by atoms with Crippen molar-refractivity contribution in [2.45, 2.75) is 5.92 Å². The van der Waals surface area contributed by atoms with E-state index in [1.807, 2.05) is 36.4 Å². The third kappa shape index (κ3) is 3.82. The van der Waals surface area contributed by atoms with E-state index in [9.17, 15) is 0 Å². The Labute approximate surface area is 142 Å². The van der Waals surface area contributed by atoms with Gasteiger partial charge in [0.15, 0.2) is 0 Å². The van der Waals surface area contributed by atoms with Crippen molar-refractivity contribution >= 4 is 29.5 Å². The Kier molecular flexibility index (Phi) is 5.24. The van der Waals surface area contributed by atoms with Crippen molar-refractivity contribution in [3.8, 4) is 0 Å². The molecule has 0 fully saturated rings. The maximum absolute atomic E-state index is 7.68. The smallest absolute Gasteiger partial charge is 0.0533 e. The van der Waals surface area contributed by atoms with Gasteiger partial charge in [0, 0.05) is 23.2 Å². The van der Waals surface area contributed by atoms with Crippen LogP contribution in [0, 0.1) is 11.3 Å². The van der Waals surface area contributed by atoms with Gasteiger partial charge in [0.05, 0.1) is 5.71 Å². The zero-order valence-corrected chi connectivity index (χ0v) is 13.5. The van der Waals surface area contributed by atoms with Crippen molar-refractivity contribution in [1.82, 2.24) is 0 Å². The van der Waals surface area contributed by atoms with Gasteiger partial charge in [-0.2, -0.15) is 0 Å². The van der Waals surface area contributed by atoms with E-state index in [2.05, 4.69) is 36.4 Å². The fraction of sp³-hybridized carbons (Fsp3) is 0.105. The van der Waals surface area contributed by atoms with E-state index in [-0.39, 0.29) is 24.2 Å². The molecule has 3 rings (SSSR count). The molecule has 2 aromatic rings. The van der Waals surface area contributed by atoms with Gasteiger partial charge in [0.1, 0.15) is 0 Å². The number of rotatable bonds is 3. The standard InChI is InChI=1S/C19H19N3.ClH/c20-16-7-1-13(2-8-16)19(14-3-9-17(21)10-4-14)15-5-11-18(22)12-6-15;/h1-13,19-20H,21-22H2;1H. The van der Waals surface area contributed by atoms with Gasteiger partial charge in [-0.15, -0.1) is 12.4 Å². The molecule has 0 atom stereocenters. The average molecular weight is 326 g/mol. The second-order valence-electron chi connectivity index (χ2n) is 5.56. The molecule has 0 bridgehead atoms. The number of halogens is 1. The number of anilines is 2. The maximum atomic E-state index is 7.68. The largest absolute Gasteiger partial charge is 0.399 e. The Morgan fingerprint density at radius 2 is 1.13 bits per heavy atom. The molecule has 0 saturated carbocycles. The summed E-state index contributed by atoms with van der Waals surface area (Å²) in [7, 11) is 0. The summed E-state index contributed by atoms with van der Waals surface area (Å²) in [4.78, 5) is 0. The Morgan fingerprint density at radius 3 is 1.52 bits per heavy atom. The zero-order chi connectivity index (χ0) is 15.5. The number of nitrogen functional groups attached to an aromatic ring is 2. The minimum Gasteiger partial charge on any atom is -0.399 e. The van der Waals surface area contributed by atoms with Gasteiger partial charge in [0.25, 0.3) is 0 Å². The summed E-state index contributed by atoms with van der Waals surface area (Å²) in [6.45, 7) is 0. The van der Waals surface area contributed by atoms with Gasteiger partial charge in [-0.3, -0.25) is 0 Å². The molecule has 0 heterocycles. The van der Waals surface area contributed by atoms with Gasteiger partial charge in [-0.1, -0.05) is 36.4 Å². The minimum absolute atomic E-state index is 0. The van der Waals surface area contributed by atoms with Crippen LogP contribution in [0.4, 0.5) is 11.4 Å². The molecule has 3 nitrogen and oxygen atoms in total. The van der Waals surface area contributed by atoms with Crippen molar-refractivity contribution in [2.24, 2.45) is 5.92 Å². The summed E-state index contributed by atoms with van der Waals surface area (Å²) in [5.41, 5.74) is 16.1. The van der Waals surface area contributed by atoms with Crippen LogP contribution in [-0.2, 0) is 0 Å². The zero-order valence-electron chi connectivity index (χ0n) is 12.6. The van der Waals surface area contributed by atoms with Crippen molar-refractivity contribution in [2.75, 3.05) is 11.5 Å².